The Kier molecular flexibility index (Phi) is 5.23. The third-order valence-corrected chi connectivity index (χ3v) is 6.78. The molecule has 2 saturated carbocycles. The number of nitrogens with two attached hydrogens (primary N) is 1. The van der Waals surface area contributed by atoms with Crippen molar-refractivity contribution in [2.75, 3.05) is 11.9 Å². The third kappa shape index (κ3) is 3.31. The zero-order valence-electron chi connectivity index (χ0n) is 15.1. The molecule has 1 heterocycles. The van der Waals surface area contributed by atoms with Crippen LogP contribution in [0.2, 0.25) is 0 Å². The molecule has 1 aromatic heterocycles. The second-order valence-electron chi connectivity index (χ2n) is 7.06. The Morgan fingerprint density at radius 1 is 1.22 bits per heavy atom. The maximum absolute atomic E-state index is 12.9. The minimum atomic E-state index is -0.966. The van der Waals surface area contributed by atoms with Crippen LogP contribution < -0.4 is 11.1 Å². The number of aliphatic carboxylic acids is 1. The van der Waals surface area contributed by atoms with E-state index in [2.05, 4.69) is 5.32 Å². The number of anilines is 1. The molecule has 146 valence electrons. The summed E-state index contributed by atoms with van der Waals surface area (Å²) in [5.41, 5.74) is 5.85. The van der Waals surface area contributed by atoms with Gasteiger partial charge in [-0.15, -0.1) is 11.3 Å². The minimum Gasteiger partial charge on any atom is -0.481 e. The fourth-order valence-corrected chi connectivity index (χ4v) is 5.62. The first kappa shape index (κ1) is 19.3. The molecule has 2 aliphatic carbocycles. The van der Waals surface area contributed by atoms with Crippen LogP contribution in [0.5, 0.6) is 0 Å². The van der Waals surface area contributed by atoms with Crippen molar-refractivity contribution in [3.05, 3.63) is 16.0 Å². The van der Waals surface area contributed by atoms with Crippen LogP contribution in [0.3, 0.4) is 0 Å². The van der Waals surface area contributed by atoms with Gasteiger partial charge in [-0.3, -0.25) is 14.4 Å². The monoisotopic (exact) mass is 394 g/mol. The molecule has 3 rings (SSSR count). The summed E-state index contributed by atoms with van der Waals surface area (Å²) in [5, 5.41) is 12.4. The minimum absolute atomic E-state index is 0.0130. The van der Waals surface area contributed by atoms with E-state index >= 15 is 0 Å². The van der Waals surface area contributed by atoms with E-state index < -0.39 is 35.6 Å². The van der Waals surface area contributed by atoms with Crippen LogP contribution in [-0.2, 0) is 14.3 Å². The molecular weight excluding hydrogens is 372 g/mol. The standard InChI is InChI=1S/C18H22N2O6S/c1-3-26-18(25)13-7(2)10(14(19)21)16(27-13)20-15(22)11-8-4-5-9(6-8)12(11)17(23)24/h8-9,11-12H,3-6H2,1-2H3,(H2,19,21)(H,20,22)(H,23,24)/t8-,9-,11-,12-/m0/s1. The highest BCUT2D eigenvalue weighted by Gasteiger charge is 2.54. The van der Waals surface area contributed by atoms with Crippen molar-refractivity contribution in [2.45, 2.75) is 33.1 Å². The molecular formula is C18H22N2O6S. The molecule has 4 N–H and O–H groups in total. The number of fused-ring (bicyclic) bond motifs is 2. The molecule has 8 nitrogen and oxygen atoms in total. The summed E-state index contributed by atoms with van der Waals surface area (Å²) in [5.74, 6) is -4.08. The zero-order valence-corrected chi connectivity index (χ0v) is 15.9. The molecule has 0 aliphatic heterocycles. The van der Waals surface area contributed by atoms with Gasteiger partial charge in [-0.25, -0.2) is 4.79 Å². The zero-order chi connectivity index (χ0) is 19.9. The predicted octanol–water partition coefficient (Wildman–Crippen LogP) is 2.02. The van der Waals surface area contributed by atoms with Gasteiger partial charge in [0.15, 0.2) is 0 Å². The SMILES string of the molecule is CCOC(=O)c1sc(NC(=O)[C@H]2[C@H]3CC[C@@H](C3)[C@@H]2C(=O)O)c(C(N)=O)c1C. The number of primary amides is 1. The number of carboxylic acids is 1. The molecule has 4 atom stereocenters. The van der Waals surface area contributed by atoms with Gasteiger partial charge >= 0.3 is 11.9 Å². The molecule has 0 unspecified atom stereocenters. The molecule has 0 spiro atoms. The highest BCUT2D eigenvalue weighted by Crippen LogP contribution is 2.53. The molecule has 0 saturated heterocycles. The summed E-state index contributed by atoms with van der Waals surface area (Å²) in [7, 11) is 0. The van der Waals surface area contributed by atoms with Crippen LogP contribution in [-0.4, -0.2) is 35.5 Å². The van der Waals surface area contributed by atoms with Gasteiger partial charge in [0.05, 0.1) is 24.0 Å². The average Bonchev–Trinajstić information content (AvgIpc) is 3.27. The van der Waals surface area contributed by atoms with Gasteiger partial charge in [0.25, 0.3) is 5.91 Å². The quantitative estimate of drug-likeness (QED) is 0.632. The first-order valence-corrected chi connectivity index (χ1v) is 9.71. The average molecular weight is 394 g/mol. The van der Waals surface area contributed by atoms with Gasteiger partial charge in [-0.2, -0.15) is 0 Å². The van der Waals surface area contributed by atoms with Gasteiger partial charge in [-0.05, 0) is 50.5 Å². The van der Waals surface area contributed by atoms with Crippen molar-refractivity contribution in [3.63, 3.8) is 0 Å². The lowest BCUT2D eigenvalue weighted by Gasteiger charge is -2.26. The molecule has 9 heteroatoms. The van der Waals surface area contributed by atoms with E-state index in [0.717, 1.165) is 30.6 Å². The molecule has 2 bridgehead atoms. The smallest absolute Gasteiger partial charge is 0.348 e. The van der Waals surface area contributed by atoms with E-state index in [1.54, 1.807) is 13.8 Å². The van der Waals surface area contributed by atoms with Gasteiger partial charge in [-0.1, -0.05) is 0 Å². The Balaban J connectivity index is 1.89. The van der Waals surface area contributed by atoms with Crippen molar-refractivity contribution in [2.24, 2.45) is 29.4 Å². The highest BCUT2D eigenvalue weighted by atomic mass is 32.1. The van der Waals surface area contributed by atoms with Crippen LogP contribution in [0, 0.1) is 30.6 Å². The third-order valence-electron chi connectivity index (χ3n) is 5.60. The molecule has 2 aliphatic rings. The van der Waals surface area contributed by atoms with Gasteiger partial charge in [0.2, 0.25) is 5.91 Å². The number of amides is 2. The lowest BCUT2D eigenvalue weighted by molar-refractivity contribution is -0.148. The highest BCUT2D eigenvalue weighted by molar-refractivity contribution is 7.18. The normalized spacial score (nSPS) is 26.0. The van der Waals surface area contributed by atoms with E-state index in [-0.39, 0.29) is 33.9 Å². The van der Waals surface area contributed by atoms with Crippen LogP contribution in [0.4, 0.5) is 5.00 Å². The number of thiophene rings is 1. The number of carboxylic acid groups (broad SMARTS) is 1. The summed E-state index contributed by atoms with van der Waals surface area (Å²) in [6.07, 6.45) is 2.38. The van der Waals surface area contributed by atoms with Crippen molar-refractivity contribution in [1.82, 2.24) is 0 Å². The fourth-order valence-electron chi connectivity index (χ4n) is 4.51. The van der Waals surface area contributed by atoms with E-state index in [0.29, 0.717) is 5.56 Å². The number of rotatable bonds is 6. The van der Waals surface area contributed by atoms with Crippen molar-refractivity contribution < 1.29 is 29.0 Å². The molecule has 1 aromatic rings. The number of hydrogen-bond donors (Lipinski definition) is 3. The van der Waals surface area contributed by atoms with Crippen LogP contribution in [0.15, 0.2) is 0 Å². The number of esters is 1. The summed E-state index contributed by atoms with van der Waals surface area (Å²) in [4.78, 5) is 48.7. The van der Waals surface area contributed by atoms with E-state index in [9.17, 15) is 24.3 Å². The van der Waals surface area contributed by atoms with Crippen LogP contribution in [0.1, 0.15) is 51.8 Å². The Labute approximate surface area is 160 Å². The molecule has 0 aromatic carbocycles. The maximum Gasteiger partial charge on any atom is 0.348 e. The fraction of sp³-hybridized carbons (Fsp3) is 0.556. The number of hydrogen-bond acceptors (Lipinski definition) is 6. The number of ether oxygens (including phenoxy) is 1. The van der Waals surface area contributed by atoms with Crippen molar-refractivity contribution in [1.29, 1.82) is 0 Å². The Hall–Kier alpha value is -2.42. The van der Waals surface area contributed by atoms with Crippen molar-refractivity contribution in [3.8, 4) is 0 Å². The largest absolute Gasteiger partial charge is 0.481 e. The Morgan fingerprint density at radius 2 is 1.85 bits per heavy atom. The van der Waals surface area contributed by atoms with Gasteiger partial charge < -0.3 is 20.9 Å². The van der Waals surface area contributed by atoms with E-state index in [4.69, 9.17) is 10.5 Å². The van der Waals surface area contributed by atoms with E-state index in [1.165, 1.54) is 0 Å². The molecule has 2 fully saturated rings. The summed E-state index contributed by atoms with van der Waals surface area (Å²) < 4.78 is 4.98. The van der Waals surface area contributed by atoms with Crippen molar-refractivity contribution >= 4 is 40.1 Å². The molecule has 2 amide bonds. The first-order valence-electron chi connectivity index (χ1n) is 8.90. The van der Waals surface area contributed by atoms with Crippen LogP contribution in [0.25, 0.3) is 0 Å². The summed E-state index contributed by atoms with van der Waals surface area (Å²) in [6.45, 7) is 3.41. The lowest BCUT2D eigenvalue weighted by atomic mass is 9.79. The number of carbonyl (C=O) groups is 4. The Morgan fingerprint density at radius 3 is 2.41 bits per heavy atom. The predicted molar refractivity (Wildman–Crippen MR) is 97.6 cm³/mol. The first-order chi connectivity index (χ1) is 12.8. The lowest BCUT2D eigenvalue weighted by Crippen LogP contribution is -2.38. The van der Waals surface area contributed by atoms with Gasteiger partial charge in [0.1, 0.15) is 9.88 Å². The molecule has 27 heavy (non-hydrogen) atoms. The van der Waals surface area contributed by atoms with Gasteiger partial charge in [0, 0.05) is 0 Å². The summed E-state index contributed by atoms with van der Waals surface area (Å²) >= 11 is 0.925. The summed E-state index contributed by atoms with van der Waals surface area (Å²) in [6, 6.07) is 0. The topological polar surface area (TPSA) is 136 Å². The Bertz CT molecular complexity index is 817. The molecule has 0 radical (unpaired) electrons. The van der Waals surface area contributed by atoms with E-state index in [1.807, 2.05) is 0 Å². The second kappa shape index (κ2) is 7.30. The van der Waals surface area contributed by atoms with Crippen LogP contribution >= 0.6 is 11.3 Å². The number of carbonyl (C=O) groups excluding carboxylic acids is 3. The number of nitrogens with one attached hydrogen (secondary N) is 1. The maximum atomic E-state index is 12.9. The second-order valence-corrected chi connectivity index (χ2v) is 8.08.